The molecule has 0 radical (unpaired) electrons. The van der Waals surface area contributed by atoms with Crippen LogP contribution in [0.1, 0.15) is 95.3 Å². The maximum Gasteiger partial charge on any atom is 4.00 e. The monoisotopic (exact) mass is 928 g/mol. The molecule has 0 spiro atoms. The summed E-state index contributed by atoms with van der Waals surface area (Å²) in [6.45, 7) is 23.5. The predicted octanol–water partition coefficient (Wildman–Crippen LogP) is 14.5. The number of anilines is 1. The Balaban J connectivity index is 0.000000398. The number of nitrogens with zero attached hydrogens (tertiary/aromatic N) is 1. The van der Waals surface area contributed by atoms with Gasteiger partial charge in [0.1, 0.15) is 23.7 Å². The zero-order valence-electron chi connectivity index (χ0n) is 38.5. The van der Waals surface area contributed by atoms with E-state index in [2.05, 4.69) is 78.6 Å². The average molecular weight is 930 g/mol. The fourth-order valence-corrected chi connectivity index (χ4v) is 6.74. The number of phenols is 1. The summed E-state index contributed by atoms with van der Waals surface area (Å²) in [4.78, 5) is 15.3. The van der Waals surface area contributed by atoms with Crippen molar-refractivity contribution in [2.24, 2.45) is 0 Å². The van der Waals surface area contributed by atoms with Gasteiger partial charge in [-0.15, -0.1) is 36.4 Å². The van der Waals surface area contributed by atoms with E-state index in [1.807, 2.05) is 159 Å². The Labute approximate surface area is 403 Å². The Kier molecular flexibility index (Phi) is 22.7. The maximum absolute atomic E-state index is 13.0. The Hall–Kier alpha value is -6.10. The predicted molar refractivity (Wildman–Crippen MR) is 265 cm³/mol. The number of benzene rings is 7. The van der Waals surface area contributed by atoms with E-state index in [0.717, 1.165) is 46.3 Å². The SMILES string of the molecule is Cc1cc(C(=O)OCc2ccccc2)c(O)c(-c2ccccc2OCCCN(C)c2c(C(C)C)cccc2C(C)C)c1.[CH2-]c1ccccc1.[CH2-]c1ccccc1.[CH2-]c1ccccc1.[Zr+4]. The number of rotatable bonds is 12. The molecule has 0 aliphatic heterocycles. The summed E-state index contributed by atoms with van der Waals surface area (Å²) in [7, 11) is 2.16. The van der Waals surface area contributed by atoms with E-state index in [4.69, 9.17) is 9.47 Å². The van der Waals surface area contributed by atoms with Crippen molar-refractivity contribution in [3.63, 3.8) is 0 Å². The zero-order valence-corrected chi connectivity index (χ0v) is 40.9. The average Bonchev–Trinajstić information content (AvgIpc) is 3.29. The van der Waals surface area contributed by atoms with Crippen molar-refractivity contribution in [2.75, 3.05) is 25.1 Å². The minimum atomic E-state index is -0.565. The molecule has 0 aliphatic carbocycles. The molecule has 5 nitrogen and oxygen atoms in total. The van der Waals surface area contributed by atoms with Gasteiger partial charge in [0.15, 0.2) is 0 Å². The van der Waals surface area contributed by atoms with Gasteiger partial charge in [-0.1, -0.05) is 113 Å². The van der Waals surface area contributed by atoms with Gasteiger partial charge in [0.25, 0.3) is 0 Å². The first-order chi connectivity index (χ1) is 30.3. The first kappa shape index (κ1) is 52.2. The number of carbonyl (C=O) groups is 1. The molecule has 0 unspecified atom stereocenters. The number of aryl methyl sites for hydroxylation is 1. The van der Waals surface area contributed by atoms with E-state index in [9.17, 15) is 9.90 Å². The number of ether oxygens (including phenoxy) is 2. The summed E-state index contributed by atoms with van der Waals surface area (Å²) >= 11 is 0. The molecule has 0 amide bonds. The molecule has 7 aromatic carbocycles. The Morgan fingerprint density at radius 2 is 1.06 bits per heavy atom. The van der Waals surface area contributed by atoms with Gasteiger partial charge in [0.05, 0.1) is 6.61 Å². The van der Waals surface area contributed by atoms with Crippen LogP contribution in [0.5, 0.6) is 11.5 Å². The smallest absolute Gasteiger partial charge is 0.506 e. The van der Waals surface area contributed by atoms with Crippen LogP contribution < -0.4 is 9.64 Å². The van der Waals surface area contributed by atoms with Crippen LogP contribution in [-0.4, -0.2) is 31.3 Å². The standard InChI is InChI=1S/C37H43NO4.3C7H7.Zr/c1-25(2)29-17-12-18-30(26(3)4)35(29)38(6)20-13-21-41-34-19-11-10-16-31(34)32-22-27(5)23-33(36(32)39)37(40)42-24-28-14-8-7-9-15-28;3*1-7-5-3-2-4-6-7;/h7-12,14-19,22-23,25-26,39H,13,20-21,24H2,1-6H3;3*2-6H,1H2;/q;3*-1;+4. The minimum Gasteiger partial charge on any atom is -0.506 e. The molecule has 7 aromatic rings. The van der Waals surface area contributed by atoms with Crippen LogP contribution in [0, 0.1) is 27.7 Å². The molecule has 1 N–H and O–H groups in total. The maximum atomic E-state index is 13.0. The van der Waals surface area contributed by atoms with Gasteiger partial charge in [0.2, 0.25) is 0 Å². The number of carbonyl (C=O) groups excluding carboxylic acids is 1. The van der Waals surface area contributed by atoms with Crippen molar-refractivity contribution in [1.82, 2.24) is 0 Å². The van der Waals surface area contributed by atoms with Crippen LogP contribution >= 0.6 is 0 Å². The summed E-state index contributed by atoms with van der Waals surface area (Å²) in [5.41, 5.74) is 10.4. The van der Waals surface area contributed by atoms with Crippen molar-refractivity contribution < 1.29 is 45.6 Å². The number of aromatic hydroxyl groups is 1. The second-order valence-corrected chi connectivity index (χ2v) is 15.9. The topological polar surface area (TPSA) is 59.0 Å². The first-order valence-corrected chi connectivity index (χ1v) is 21.6. The van der Waals surface area contributed by atoms with Crippen LogP contribution in [0.2, 0.25) is 0 Å². The number of para-hydroxylation sites is 2. The number of phenolic OH excluding ortho intramolecular Hbond substituents is 1. The van der Waals surface area contributed by atoms with Gasteiger partial charge < -0.3 is 19.5 Å². The third kappa shape index (κ3) is 17.2. The van der Waals surface area contributed by atoms with E-state index in [1.165, 1.54) is 16.8 Å². The Bertz CT molecular complexity index is 2270. The van der Waals surface area contributed by atoms with Crippen molar-refractivity contribution in [3.8, 4) is 22.6 Å². The van der Waals surface area contributed by atoms with Crippen LogP contribution in [-0.2, 0) is 37.5 Å². The normalized spacial score (nSPS) is 10.1. The number of hydrogen-bond acceptors (Lipinski definition) is 5. The molecule has 0 saturated carbocycles. The molecular formula is C58H64NO4Zr+. The van der Waals surface area contributed by atoms with Gasteiger partial charge >= 0.3 is 32.2 Å². The Morgan fingerprint density at radius 3 is 1.52 bits per heavy atom. The van der Waals surface area contributed by atoms with Crippen molar-refractivity contribution >= 4 is 11.7 Å². The summed E-state index contributed by atoms with van der Waals surface area (Å²) in [6.07, 6.45) is 0.825. The van der Waals surface area contributed by atoms with E-state index in [1.54, 1.807) is 6.07 Å². The molecule has 0 bridgehead atoms. The van der Waals surface area contributed by atoms with Crippen LogP contribution in [0.4, 0.5) is 5.69 Å². The molecule has 0 heterocycles. The van der Waals surface area contributed by atoms with Crippen molar-refractivity contribution in [3.05, 3.63) is 241 Å². The Morgan fingerprint density at radius 1 is 0.609 bits per heavy atom. The second kappa shape index (κ2) is 27.9. The van der Waals surface area contributed by atoms with Gasteiger partial charge in [-0.25, -0.2) is 4.79 Å². The minimum absolute atomic E-state index is 0. The summed E-state index contributed by atoms with van der Waals surface area (Å²) < 4.78 is 11.8. The number of esters is 1. The van der Waals surface area contributed by atoms with Crippen LogP contribution in [0.25, 0.3) is 11.1 Å². The van der Waals surface area contributed by atoms with E-state index in [0.29, 0.717) is 29.8 Å². The van der Waals surface area contributed by atoms with Crippen LogP contribution in [0.15, 0.2) is 176 Å². The van der Waals surface area contributed by atoms with Gasteiger partial charge in [-0.3, -0.25) is 0 Å². The van der Waals surface area contributed by atoms with E-state index < -0.39 is 5.97 Å². The third-order valence-corrected chi connectivity index (χ3v) is 10.0. The molecule has 0 aromatic heterocycles. The van der Waals surface area contributed by atoms with Gasteiger partial charge in [-0.2, -0.15) is 73.9 Å². The molecular weight excluding hydrogens is 866 g/mol. The zero-order chi connectivity index (χ0) is 45.6. The molecule has 7 rings (SSSR count). The number of hydrogen-bond donors (Lipinski definition) is 1. The largest absolute Gasteiger partial charge is 4.00 e. The summed E-state index contributed by atoms with van der Waals surface area (Å²) in [5.74, 6) is 0.861. The summed E-state index contributed by atoms with van der Waals surface area (Å²) in [5, 5.41) is 11.2. The first-order valence-electron chi connectivity index (χ1n) is 21.6. The summed E-state index contributed by atoms with van der Waals surface area (Å²) in [6, 6.07) is 56.9. The van der Waals surface area contributed by atoms with Gasteiger partial charge in [0, 0.05) is 30.4 Å². The quantitative estimate of drug-likeness (QED) is 0.0751. The fraction of sp³-hybridized carbons (Fsp3) is 0.207. The van der Waals surface area contributed by atoms with Gasteiger partial charge in [-0.05, 0) is 65.6 Å². The van der Waals surface area contributed by atoms with Crippen LogP contribution in [0.3, 0.4) is 0 Å². The molecule has 0 saturated heterocycles. The van der Waals surface area contributed by atoms with E-state index in [-0.39, 0.29) is 44.1 Å². The second-order valence-electron chi connectivity index (χ2n) is 15.9. The molecule has 0 atom stereocenters. The van der Waals surface area contributed by atoms with Crippen molar-refractivity contribution in [1.29, 1.82) is 0 Å². The molecule has 328 valence electrons. The third-order valence-electron chi connectivity index (χ3n) is 10.0. The fourth-order valence-electron chi connectivity index (χ4n) is 6.74. The van der Waals surface area contributed by atoms with E-state index >= 15 is 0 Å². The molecule has 0 aliphatic rings. The molecule has 64 heavy (non-hydrogen) atoms. The molecule has 0 fully saturated rings. The molecule has 6 heteroatoms. The van der Waals surface area contributed by atoms with Crippen molar-refractivity contribution in [2.45, 2.75) is 59.5 Å².